The Bertz CT molecular complexity index is 908. The number of nitrogens with zero attached hydrogens (tertiary/aromatic N) is 3. The molecule has 0 radical (unpaired) electrons. The number of primary amides is 1. The molecule has 0 spiro atoms. The molecule has 1 heterocycles. The highest BCUT2D eigenvalue weighted by atomic mass is 35.5. The van der Waals surface area contributed by atoms with Gasteiger partial charge in [-0.25, -0.2) is 0 Å². The van der Waals surface area contributed by atoms with Crippen LogP contribution in [-0.4, -0.2) is 25.9 Å². The molecule has 0 bridgehead atoms. The van der Waals surface area contributed by atoms with Gasteiger partial charge in [0.25, 0.3) is 0 Å². The quantitative estimate of drug-likeness (QED) is 0.690. The van der Waals surface area contributed by atoms with Crippen molar-refractivity contribution in [2.75, 3.05) is 0 Å². The Labute approximate surface area is 155 Å². The predicted octanol–water partition coefficient (Wildman–Crippen LogP) is 3.86. The van der Waals surface area contributed by atoms with Crippen molar-refractivity contribution in [1.82, 2.24) is 14.8 Å². The first-order valence-electron chi connectivity index (χ1n) is 7.70. The van der Waals surface area contributed by atoms with Gasteiger partial charge in [-0.1, -0.05) is 35.5 Å². The van der Waals surface area contributed by atoms with Crippen LogP contribution in [0.3, 0.4) is 0 Å². The summed E-state index contributed by atoms with van der Waals surface area (Å²) in [6, 6.07) is 15.4. The maximum absolute atomic E-state index is 11.4. The summed E-state index contributed by atoms with van der Waals surface area (Å²) >= 11 is 7.27. The van der Waals surface area contributed by atoms with Crippen LogP contribution in [-0.2, 0) is 4.79 Å². The Kier molecular flexibility index (Phi) is 5.11. The Morgan fingerprint density at radius 2 is 1.92 bits per heavy atom. The lowest BCUT2D eigenvalue weighted by atomic mass is 10.2. The summed E-state index contributed by atoms with van der Waals surface area (Å²) in [7, 11) is 0. The van der Waals surface area contributed by atoms with Crippen LogP contribution in [0.1, 0.15) is 12.5 Å². The highest BCUT2D eigenvalue weighted by Crippen LogP contribution is 2.30. The Morgan fingerprint density at radius 1 is 1.20 bits per heavy atom. The summed E-state index contributed by atoms with van der Waals surface area (Å²) in [5, 5.41) is 9.47. The van der Waals surface area contributed by atoms with Crippen LogP contribution < -0.4 is 5.73 Å². The molecule has 0 aliphatic rings. The van der Waals surface area contributed by atoms with Crippen molar-refractivity contribution in [2.45, 2.75) is 24.3 Å². The number of carbonyl (C=O) groups excluding carboxylic acids is 1. The zero-order valence-electron chi connectivity index (χ0n) is 13.8. The normalized spacial score (nSPS) is 12.1. The fourth-order valence-electron chi connectivity index (χ4n) is 2.35. The minimum Gasteiger partial charge on any atom is -0.369 e. The number of nitrogens with two attached hydrogens (primary N) is 1. The van der Waals surface area contributed by atoms with E-state index in [0.29, 0.717) is 16.0 Å². The SMILES string of the molecule is Cc1cccc(-n2c(SC(C)C(N)=O)nnc2-c2ccc(Cl)cc2)c1. The van der Waals surface area contributed by atoms with Crippen LogP contribution in [0, 0.1) is 6.92 Å². The van der Waals surface area contributed by atoms with Crippen molar-refractivity contribution in [1.29, 1.82) is 0 Å². The number of amides is 1. The molecule has 1 aromatic heterocycles. The van der Waals surface area contributed by atoms with Gasteiger partial charge in [0.1, 0.15) is 0 Å². The van der Waals surface area contributed by atoms with Crippen LogP contribution in [0.4, 0.5) is 0 Å². The molecule has 2 N–H and O–H groups in total. The number of thioether (sulfide) groups is 1. The van der Waals surface area contributed by atoms with Gasteiger partial charge >= 0.3 is 0 Å². The number of benzene rings is 2. The molecular weight excluding hydrogens is 356 g/mol. The van der Waals surface area contributed by atoms with Gasteiger partial charge in [-0.15, -0.1) is 10.2 Å². The van der Waals surface area contributed by atoms with Crippen molar-refractivity contribution in [3.8, 4) is 17.1 Å². The lowest BCUT2D eigenvalue weighted by Gasteiger charge is -2.12. The number of aromatic nitrogens is 3. The van der Waals surface area contributed by atoms with Crippen molar-refractivity contribution in [3.05, 3.63) is 59.1 Å². The van der Waals surface area contributed by atoms with Crippen LogP contribution in [0.5, 0.6) is 0 Å². The van der Waals surface area contributed by atoms with E-state index in [1.54, 1.807) is 6.92 Å². The minimum atomic E-state index is -0.411. The third-order valence-corrected chi connectivity index (χ3v) is 4.99. The Morgan fingerprint density at radius 3 is 2.56 bits per heavy atom. The molecule has 1 atom stereocenters. The largest absolute Gasteiger partial charge is 0.369 e. The number of halogens is 1. The summed E-state index contributed by atoms with van der Waals surface area (Å²) < 4.78 is 1.93. The summed E-state index contributed by atoms with van der Waals surface area (Å²) in [6.07, 6.45) is 0. The molecule has 0 saturated heterocycles. The van der Waals surface area contributed by atoms with Crippen molar-refractivity contribution in [3.63, 3.8) is 0 Å². The van der Waals surface area contributed by atoms with Crippen molar-refractivity contribution in [2.24, 2.45) is 5.73 Å². The average Bonchev–Trinajstić information content (AvgIpc) is 2.99. The predicted molar refractivity (Wildman–Crippen MR) is 101 cm³/mol. The molecule has 128 valence electrons. The van der Waals surface area contributed by atoms with Gasteiger partial charge in [-0.2, -0.15) is 0 Å². The van der Waals surface area contributed by atoms with E-state index >= 15 is 0 Å². The topological polar surface area (TPSA) is 73.8 Å². The van der Waals surface area contributed by atoms with E-state index in [2.05, 4.69) is 10.2 Å². The highest BCUT2D eigenvalue weighted by molar-refractivity contribution is 8.00. The van der Waals surface area contributed by atoms with E-state index in [1.807, 2.05) is 60.0 Å². The summed E-state index contributed by atoms with van der Waals surface area (Å²) in [4.78, 5) is 11.4. The molecule has 1 amide bonds. The van der Waals surface area contributed by atoms with E-state index in [1.165, 1.54) is 11.8 Å². The second-order valence-electron chi connectivity index (χ2n) is 5.65. The first-order chi connectivity index (χ1) is 12.0. The molecule has 2 aromatic carbocycles. The monoisotopic (exact) mass is 372 g/mol. The molecule has 0 aliphatic carbocycles. The average molecular weight is 373 g/mol. The second-order valence-corrected chi connectivity index (χ2v) is 7.39. The summed E-state index contributed by atoms with van der Waals surface area (Å²) in [5.41, 5.74) is 8.33. The molecular formula is C18H17ClN4OS. The van der Waals surface area contributed by atoms with Crippen molar-refractivity contribution >= 4 is 29.3 Å². The zero-order chi connectivity index (χ0) is 18.0. The maximum atomic E-state index is 11.4. The standard InChI is InChI=1S/C18H17ClN4OS/c1-11-4-3-5-15(10-11)23-17(13-6-8-14(19)9-7-13)21-22-18(23)25-12(2)16(20)24/h3-10,12H,1-2H3,(H2,20,24). The molecule has 0 aliphatic heterocycles. The van der Waals surface area contributed by atoms with Gasteiger partial charge in [-0.3, -0.25) is 9.36 Å². The summed E-state index contributed by atoms with van der Waals surface area (Å²) in [5.74, 6) is 0.290. The van der Waals surface area contributed by atoms with E-state index in [9.17, 15) is 4.79 Å². The van der Waals surface area contributed by atoms with Gasteiger partial charge in [0.2, 0.25) is 5.91 Å². The molecule has 0 fully saturated rings. The van der Waals surface area contributed by atoms with E-state index < -0.39 is 11.2 Å². The third-order valence-electron chi connectivity index (χ3n) is 3.68. The number of hydrogen-bond donors (Lipinski definition) is 1. The zero-order valence-corrected chi connectivity index (χ0v) is 15.4. The highest BCUT2D eigenvalue weighted by Gasteiger charge is 2.20. The number of hydrogen-bond acceptors (Lipinski definition) is 4. The van der Waals surface area contributed by atoms with Crippen LogP contribution in [0.15, 0.2) is 53.7 Å². The fourth-order valence-corrected chi connectivity index (χ4v) is 3.29. The first kappa shape index (κ1) is 17.5. The molecule has 3 rings (SSSR count). The molecule has 0 saturated carbocycles. The molecule has 7 heteroatoms. The number of rotatable bonds is 5. The molecule has 1 unspecified atom stereocenters. The molecule has 25 heavy (non-hydrogen) atoms. The molecule has 5 nitrogen and oxygen atoms in total. The van der Waals surface area contributed by atoms with Crippen molar-refractivity contribution < 1.29 is 4.79 Å². The second kappa shape index (κ2) is 7.29. The lowest BCUT2D eigenvalue weighted by Crippen LogP contribution is -2.23. The number of carbonyl (C=O) groups is 1. The van der Waals surface area contributed by atoms with E-state index in [0.717, 1.165) is 16.8 Å². The lowest BCUT2D eigenvalue weighted by molar-refractivity contribution is -0.117. The first-order valence-corrected chi connectivity index (χ1v) is 8.96. The van der Waals surface area contributed by atoms with E-state index in [4.69, 9.17) is 17.3 Å². The maximum Gasteiger partial charge on any atom is 0.230 e. The smallest absolute Gasteiger partial charge is 0.230 e. The Balaban J connectivity index is 2.14. The third kappa shape index (κ3) is 3.86. The Hall–Kier alpha value is -2.31. The van der Waals surface area contributed by atoms with Gasteiger partial charge in [0, 0.05) is 16.3 Å². The van der Waals surface area contributed by atoms with Gasteiger partial charge in [-0.05, 0) is 55.8 Å². The van der Waals surface area contributed by atoms with Gasteiger partial charge < -0.3 is 5.73 Å². The van der Waals surface area contributed by atoms with E-state index in [-0.39, 0.29) is 0 Å². The molecule has 3 aromatic rings. The van der Waals surface area contributed by atoms with Crippen LogP contribution in [0.2, 0.25) is 5.02 Å². The summed E-state index contributed by atoms with van der Waals surface area (Å²) in [6.45, 7) is 3.78. The van der Waals surface area contributed by atoms with Gasteiger partial charge in [0.05, 0.1) is 5.25 Å². The number of aryl methyl sites for hydroxylation is 1. The van der Waals surface area contributed by atoms with Crippen LogP contribution >= 0.6 is 23.4 Å². The van der Waals surface area contributed by atoms with Crippen LogP contribution in [0.25, 0.3) is 17.1 Å². The fraction of sp³-hybridized carbons (Fsp3) is 0.167. The van der Waals surface area contributed by atoms with Gasteiger partial charge in [0.15, 0.2) is 11.0 Å². The minimum absolute atomic E-state index is 0.392.